The topological polar surface area (TPSA) is 0 Å². The zero-order chi connectivity index (χ0) is 47.5. The molecule has 0 radical (unpaired) electrons. The summed E-state index contributed by atoms with van der Waals surface area (Å²) >= 11 is 0. The molecule has 6 aromatic rings. The van der Waals surface area contributed by atoms with Crippen LogP contribution in [0.15, 0.2) is 22.0 Å². The van der Waals surface area contributed by atoms with Gasteiger partial charge in [0.1, 0.15) is 196 Å². The number of hydrogen-bond acceptors (Lipinski definition) is 0. The molecule has 0 saturated carbocycles. The second kappa shape index (κ2) is 15.9. The zero-order valence-electron chi connectivity index (χ0n) is 44.6. The van der Waals surface area contributed by atoms with Crippen LogP contribution in [0.25, 0.3) is 43.8 Å². The van der Waals surface area contributed by atoms with Gasteiger partial charge in [0.15, 0.2) is 0 Å². The molecule has 0 spiro atoms. The molecule has 6 aromatic carbocycles. The summed E-state index contributed by atoms with van der Waals surface area (Å²) in [6.45, 7) is 0. The van der Waals surface area contributed by atoms with Crippen molar-refractivity contribution in [2.24, 2.45) is 5.92 Å². The van der Waals surface area contributed by atoms with Gasteiger partial charge < -0.3 is 0 Å². The second-order valence-electron chi connectivity index (χ2n) is 21.1. The lowest BCUT2D eigenvalue weighted by Crippen LogP contribution is -2.67. The van der Waals surface area contributed by atoms with Gasteiger partial charge in [-0.1, -0.05) is 76.5 Å². The Bertz CT molecular complexity index is 3460. The lowest BCUT2D eigenvalue weighted by Gasteiger charge is -2.36. The van der Waals surface area contributed by atoms with Crippen molar-refractivity contribution in [3.05, 3.63) is 43.6 Å². The van der Waals surface area contributed by atoms with E-state index in [4.69, 9.17) is 0 Å². The molecule has 8 rings (SSSR count). The minimum atomic E-state index is 0.139. The molecule has 0 N–H and O–H groups in total. The highest BCUT2D eigenvalue weighted by Crippen LogP contribution is 2.47. The molecule has 0 bridgehead atoms. The van der Waals surface area contributed by atoms with Gasteiger partial charge in [0.05, 0.1) is 0 Å². The zero-order valence-corrected chi connectivity index (χ0v) is 44.6. The fourth-order valence-electron chi connectivity index (χ4n) is 13.2. The Kier molecular flexibility index (Phi) is 11.7. The minimum absolute atomic E-state index is 0.139. The van der Waals surface area contributed by atoms with Gasteiger partial charge in [-0.05, 0) is 71.0 Å². The quantitative estimate of drug-likeness (QED) is 0.157. The molecule has 1 atom stereocenters. The summed E-state index contributed by atoms with van der Waals surface area (Å²) < 4.78 is 0. The number of benzene rings is 6. The van der Waals surface area contributed by atoms with Gasteiger partial charge in [-0.15, -0.1) is 60.1 Å². The Balaban J connectivity index is 1.73. The van der Waals surface area contributed by atoms with Gasteiger partial charge in [-0.2, -0.15) is 0 Å². The van der Waals surface area contributed by atoms with E-state index in [0.29, 0.717) is 0 Å². The van der Waals surface area contributed by atoms with Crippen molar-refractivity contribution < 1.29 is 0 Å². The van der Waals surface area contributed by atoms with Crippen LogP contribution in [0.2, 0.25) is 0 Å². The smallest absolute Gasteiger partial charge is 0.105 e. The van der Waals surface area contributed by atoms with Gasteiger partial charge in [0.25, 0.3) is 0 Å². The van der Waals surface area contributed by atoms with Crippen LogP contribution in [0.3, 0.4) is 0 Å². The predicted molar refractivity (Wildman–Crippen MR) is 367 cm³/mol. The fourth-order valence-corrected chi connectivity index (χ4v) is 13.2. The van der Waals surface area contributed by atoms with Crippen molar-refractivity contribution in [3.8, 4) is 11.1 Å². The van der Waals surface area contributed by atoms with Gasteiger partial charge in [0, 0.05) is 5.92 Å². The van der Waals surface area contributed by atoms with E-state index in [-0.39, 0.29) is 5.92 Å². The molecule has 0 aliphatic heterocycles. The highest BCUT2D eigenvalue weighted by Gasteiger charge is 2.40. The molecule has 0 saturated heterocycles. The highest BCUT2D eigenvalue weighted by molar-refractivity contribution is 6.75. The first kappa shape index (κ1) is 47.2. The molecular weight excluding hydrogens is 739 g/mol. The Hall–Kier alpha value is -3.32. The molecule has 0 nitrogen and oxygen atoms in total. The molecular formula is C39H51B25. The van der Waals surface area contributed by atoms with E-state index in [0.717, 1.165) is 0 Å². The summed E-state index contributed by atoms with van der Waals surface area (Å²) in [5.74, 6) is 0.139. The number of allylic oxidation sites excluding steroid dienone is 4. The minimum Gasteiger partial charge on any atom is -0.105 e. The Morgan fingerprint density at radius 2 is 0.516 bits per heavy atom. The molecule has 0 amide bonds. The summed E-state index contributed by atoms with van der Waals surface area (Å²) in [5, 5.41) is 8.72. The molecule has 0 heterocycles. The molecule has 25 heteroatoms. The standard InChI is InChI=1S/C39H51B25/c40-15-12(24(49)25(50)14-13(15)28(53)35(60)36(61)29(14)54)10-9-8(22(47)33(58)34(59)23(9)48)5(16(41)17(10)42)1-3-6(19(44)30(55)18(3)43)2(7-4(1)20(45)31(56)32(57)21(7)46)11-26(51)37(62)39(64)38(63)27(11)52/h3H,40-64H2. The molecule has 0 aromatic heterocycles. The number of hydrogen-bond donors (Lipinski definition) is 0. The SMILES string of the molecule is BC1=C(B)C2C(=C1B)C(c1c(B)c(B)c(B)c(B)c1B)=c1c(B)c(B)c(B)c(B)c1=C2c1c(B)c(B)c(-c2c(B)c(B)c3c(B)c(B)c(B)c(B)c3c2B)c2c(B)c(B)c(B)c(B)c12. The van der Waals surface area contributed by atoms with Crippen molar-refractivity contribution >= 4 is 349 Å². The van der Waals surface area contributed by atoms with Crippen molar-refractivity contribution in [2.75, 3.05) is 0 Å². The molecule has 282 valence electrons. The summed E-state index contributed by atoms with van der Waals surface area (Å²) in [4.78, 5) is 0. The lowest BCUT2D eigenvalue weighted by atomic mass is 9.54. The summed E-state index contributed by atoms with van der Waals surface area (Å²) in [7, 11) is 59.9. The van der Waals surface area contributed by atoms with Crippen molar-refractivity contribution in [2.45, 2.75) is 0 Å². The first-order valence-corrected chi connectivity index (χ1v) is 24.1. The summed E-state index contributed by atoms with van der Waals surface area (Å²) in [5.41, 5.74) is 45.9. The van der Waals surface area contributed by atoms with Crippen molar-refractivity contribution in [3.63, 3.8) is 0 Å². The lowest BCUT2D eigenvalue weighted by molar-refractivity contribution is 1.01. The average molecular weight is 790 g/mol. The third kappa shape index (κ3) is 5.98. The van der Waals surface area contributed by atoms with Crippen LogP contribution in [0.1, 0.15) is 11.1 Å². The van der Waals surface area contributed by atoms with E-state index >= 15 is 0 Å². The molecule has 0 fully saturated rings. The maximum Gasteiger partial charge on any atom is 0.140 e. The van der Waals surface area contributed by atoms with Gasteiger partial charge >= 0.3 is 0 Å². The van der Waals surface area contributed by atoms with E-state index in [2.05, 4.69) is 196 Å². The summed E-state index contributed by atoms with van der Waals surface area (Å²) in [6, 6.07) is 0. The van der Waals surface area contributed by atoms with Crippen LogP contribution in [0.5, 0.6) is 0 Å². The average Bonchev–Trinajstić information content (AvgIpc) is 3.48. The number of rotatable bonds is 3. The first-order chi connectivity index (χ1) is 29.8. The van der Waals surface area contributed by atoms with Crippen LogP contribution in [0.4, 0.5) is 0 Å². The van der Waals surface area contributed by atoms with Crippen LogP contribution in [-0.4, -0.2) is 196 Å². The second-order valence-corrected chi connectivity index (χ2v) is 21.1. The van der Waals surface area contributed by atoms with Crippen LogP contribution >= 0.6 is 0 Å². The maximum absolute atomic E-state index is 2.48. The van der Waals surface area contributed by atoms with E-state index in [1.807, 2.05) is 0 Å². The summed E-state index contributed by atoms with van der Waals surface area (Å²) in [6.07, 6.45) is 0. The number of fused-ring (bicyclic) bond motifs is 4. The third-order valence-corrected chi connectivity index (χ3v) is 19.1. The van der Waals surface area contributed by atoms with E-state index in [1.54, 1.807) is 0 Å². The van der Waals surface area contributed by atoms with Crippen LogP contribution in [-0.2, 0) is 0 Å². The molecule has 2 aliphatic rings. The highest BCUT2D eigenvalue weighted by atomic mass is 14.4. The Morgan fingerprint density at radius 1 is 0.203 bits per heavy atom. The Labute approximate surface area is 407 Å². The van der Waals surface area contributed by atoms with Crippen LogP contribution in [0, 0.1) is 5.92 Å². The predicted octanol–water partition coefficient (Wildman–Crippen LogP) is -33.2. The largest absolute Gasteiger partial charge is 0.140 e. The normalized spacial score (nSPS) is 14.8. The maximum atomic E-state index is 2.48. The first-order valence-electron chi connectivity index (χ1n) is 24.1. The molecule has 1 unspecified atom stereocenters. The molecule has 64 heavy (non-hydrogen) atoms. The monoisotopic (exact) mass is 795 g/mol. The van der Waals surface area contributed by atoms with E-state index in [9.17, 15) is 0 Å². The van der Waals surface area contributed by atoms with Gasteiger partial charge in [-0.3, -0.25) is 0 Å². The van der Waals surface area contributed by atoms with Crippen molar-refractivity contribution in [1.82, 2.24) is 0 Å². The van der Waals surface area contributed by atoms with Crippen LogP contribution < -0.4 is 131 Å². The van der Waals surface area contributed by atoms with Gasteiger partial charge in [-0.25, -0.2) is 0 Å². The van der Waals surface area contributed by atoms with E-state index in [1.165, 1.54) is 208 Å². The van der Waals surface area contributed by atoms with E-state index < -0.39 is 0 Å². The Morgan fingerprint density at radius 3 is 1.00 bits per heavy atom. The van der Waals surface area contributed by atoms with Gasteiger partial charge in [0.2, 0.25) is 0 Å². The van der Waals surface area contributed by atoms with Crippen molar-refractivity contribution in [1.29, 1.82) is 0 Å². The fraction of sp³-hybridized carbons (Fsp3) is 0.0256. The molecule has 2 aliphatic carbocycles. The third-order valence-electron chi connectivity index (χ3n) is 19.1.